The summed E-state index contributed by atoms with van der Waals surface area (Å²) >= 11 is 3.40. The van der Waals surface area contributed by atoms with Gasteiger partial charge < -0.3 is 19.9 Å². The number of nitrogens with zero attached hydrogens (tertiary/aromatic N) is 4. The molecule has 0 fully saturated rings. The number of ether oxygens (including phenoxy) is 1. The van der Waals surface area contributed by atoms with E-state index in [1.807, 2.05) is 72.5 Å². The zero-order valence-electron chi connectivity index (χ0n) is 21.4. The topological polar surface area (TPSA) is 118 Å². The Morgan fingerprint density at radius 2 is 1.92 bits per heavy atom. The summed E-state index contributed by atoms with van der Waals surface area (Å²) < 4.78 is 8.10. The molecule has 2 aromatic carbocycles. The van der Waals surface area contributed by atoms with Crippen LogP contribution in [0, 0.1) is 5.41 Å². The van der Waals surface area contributed by atoms with Crippen LogP contribution in [0.4, 0.5) is 11.5 Å². The minimum Gasteiger partial charge on any atom is -0.495 e. The molecule has 0 aliphatic carbocycles. The van der Waals surface area contributed by atoms with E-state index in [9.17, 15) is 4.79 Å². The number of carbonyl (C=O) groups excluding carboxylic acids is 1. The molecule has 3 aromatic heterocycles. The second-order valence-electron chi connectivity index (χ2n) is 8.93. The number of fused-ring (bicyclic) bond motifs is 1. The Labute approximate surface area is 233 Å². The number of hydrogen-bond acceptors (Lipinski definition) is 7. The Balaban J connectivity index is 1.37. The second-order valence-corrected chi connectivity index (χ2v) is 9.84. The lowest BCUT2D eigenvalue weighted by atomic mass is 10.0. The molecule has 5 aromatic rings. The summed E-state index contributed by atoms with van der Waals surface area (Å²) in [7, 11) is 3.49. The number of methoxy groups -OCH3 is 1. The highest BCUT2D eigenvalue weighted by Crippen LogP contribution is 2.29. The second kappa shape index (κ2) is 11.4. The van der Waals surface area contributed by atoms with Crippen molar-refractivity contribution in [3.8, 4) is 17.1 Å². The van der Waals surface area contributed by atoms with Crippen molar-refractivity contribution < 1.29 is 9.53 Å². The normalized spacial score (nSPS) is 10.8. The number of anilines is 2. The molecule has 0 radical (unpaired) electrons. The van der Waals surface area contributed by atoms with Crippen molar-refractivity contribution in [2.45, 2.75) is 13.0 Å². The van der Waals surface area contributed by atoms with Crippen molar-refractivity contribution in [1.29, 1.82) is 5.41 Å². The summed E-state index contributed by atoms with van der Waals surface area (Å²) in [5, 5.41) is 14.6. The fourth-order valence-corrected chi connectivity index (χ4v) is 4.58. The van der Waals surface area contributed by atoms with E-state index < -0.39 is 5.91 Å². The number of aromatic nitrogens is 4. The third-order valence-corrected chi connectivity index (χ3v) is 6.65. The van der Waals surface area contributed by atoms with Gasteiger partial charge >= 0.3 is 0 Å². The number of carbonyl (C=O) groups is 1. The molecule has 0 bridgehead atoms. The number of rotatable bonds is 9. The highest BCUT2D eigenvalue weighted by molar-refractivity contribution is 9.10. The molecule has 3 N–H and O–H groups in total. The summed E-state index contributed by atoms with van der Waals surface area (Å²) in [5.41, 5.74) is 4.77. The van der Waals surface area contributed by atoms with E-state index in [2.05, 4.69) is 31.5 Å². The van der Waals surface area contributed by atoms with E-state index >= 15 is 0 Å². The van der Waals surface area contributed by atoms with Gasteiger partial charge in [-0.2, -0.15) is 0 Å². The Hall–Kier alpha value is -4.57. The van der Waals surface area contributed by atoms with Gasteiger partial charge in [-0.3, -0.25) is 15.2 Å². The Bertz CT molecular complexity index is 1670. The molecular formula is C29H26BrN7O2. The first-order chi connectivity index (χ1) is 18.9. The van der Waals surface area contributed by atoms with Gasteiger partial charge in [0.1, 0.15) is 17.0 Å². The third kappa shape index (κ3) is 5.96. The lowest BCUT2D eigenvalue weighted by molar-refractivity contribution is -0.110. The van der Waals surface area contributed by atoms with Gasteiger partial charge in [0, 0.05) is 48.6 Å². The first-order valence-electron chi connectivity index (χ1n) is 12.2. The Morgan fingerprint density at radius 3 is 2.72 bits per heavy atom. The van der Waals surface area contributed by atoms with Crippen LogP contribution in [0.15, 0.2) is 83.7 Å². The predicted octanol–water partition coefficient (Wildman–Crippen LogP) is 5.61. The molecule has 1 amide bonds. The Kier molecular flexibility index (Phi) is 7.64. The maximum absolute atomic E-state index is 12.8. The van der Waals surface area contributed by atoms with E-state index in [1.54, 1.807) is 18.3 Å². The third-order valence-electron chi connectivity index (χ3n) is 6.15. The minimum atomic E-state index is -0.499. The van der Waals surface area contributed by atoms with Gasteiger partial charge in [0.15, 0.2) is 11.6 Å². The minimum absolute atomic E-state index is 0.0764. The predicted molar refractivity (Wildman–Crippen MR) is 156 cm³/mol. The quantitative estimate of drug-likeness (QED) is 0.194. The Morgan fingerprint density at radius 1 is 1.08 bits per heavy atom. The standard InChI is InChI=1S/C29H26BrN7O2/c1-37-12-10-23-26(37)28(33-17-19-6-4-11-32-16-19)36-27(34-23)20-7-3-5-18(13-20)14-22(31)29(38)35-24-15-21(30)8-9-25(24)39-2/h3-13,15-16,31H,14,17H2,1-2H3,(H,35,38)(H,33,34,36). The van der Waals surface area contributed by atoms with E-state index in [0.29, 0.717) is 29.6 Å². The SMILES string of the molecule is COc1ccc(Br)cc1NC(=O)C(=N)Cc1cccc(-c2nc(NCc3cccnc3)c3c(ccn3C)n2)c1. The highest BCUT2D eigenvalue weighted by Gasteiger charge is 2.16. The molecule has 196 valence electrons. The highest BCUT2D eigenvalue weighted by atomic mass is 79.9. The van der Waals surface area contributed by atoms with Gasteiger partial charge in [0.05, 0.1) is 18.3 Å². The van der Waals surface area contributed by atoms with Crippen molar-refractivity contribution in [2.24, 2.45) is 7.05 Å². The van der Waals surface area contributed by atoms with Crippen molar-refractivity contribution in [3.63, 3.8) is 0 Å². The van der Waals surface area contributed by atoms with Crippen LogP contribution in [0.2, 0.25) is 0 Å². The van der Waals surface area contributed by atoms with E-state index in [4.69, 9.17) is 20.1 Å². The van der Waals surface area contributed by atoms with Crippen LogP contribution in [-0.2, 0) is 24.8 Å². The summed E-state index contributed by atoms with van der Waals surface area (Å²) in [6, 6.07) is 18.8. The van der Waals surface area contributed by atoms with Crippen molar-refractivity contribution >= 4 is 50.1 Å². The summed E-state index contributed by atoms with van der Waals surface area (Å²) in [4.78, 5) is 26.6. The van der Waals surface area contributed by atoms with Crippen molar-refractivity contribution in [2.75, 3.05) is 17.7 Å². The monoisotopic (exact) mass is 583 g/mol. The number of halogens is 1. The van der Waals surface area contributed by atoms with E-state index in [1.165, 1.54) is 7.11 Å². The van der Waals surface area contributed by atoms with Gasteiger partial charge in [-0.1, -0.05) is 40.2 Å². The first-order valence-corrected chi connectivity index (χ1v) is 13.0. The fraction of sp³-hybridized carbons (Fsp3) is 0.138. The molecular weight excluding hydrogens is 558 g/mol. The average molecular weight is 584 g/mol. The zero-order valence-corrected chi connectivity index (χ0v) is 23.0. The molecule has 0 unspecified atom stereocenters. The van der Waals surface area contributed by atoms with Crippen molar-refractivity contribution in [1.82, 2.24) is 19.5 Å². The maximum atomic E-state index is 12.8. The van der Waals surface area contributed by atoms with Crippen molar-refractivity contribution in [3.05, 3.63) is 94.9 Å². The molecule has 0 aliphatic heterocycles. The van der Waals surface area contributed by atoms with E-state index in [-0.39, 0.29) is 12.1 Å². The fourth-order valence-electron chi connectivity index (χ4n) is 4.21. The number of nitrogens with one attached hydrogen (secondary N) is 3. The van der Waals surface area contributed by atoms with Gasteiger partial charge in [0.25, 0.3) is 5.91 Å². The molecule has 10 heteroatoms. The largest absolute Gasteiger partial charge is 0.495 e. The molecule has 0 saturated carbocycles. The van der Waals surface area contributed by atoms with Crippen LogP contribution in [-0.4, -0.2) is 38.2 Å². The van der Waals surface area contributed by atoms with E-state index in [0.717, 1.165) is 32.2 Å². The summed E-state index contributed by atoms with van der Waals surface area (Å²) in [5.74, 6) is 1.29. The van der Waals surface area contributed by atoms with Gasteiger partial charge in [-0.05, 0) is 47.5 Å². The van der Waals surface area contributed by atoms with Gasteiger partial charge in [-0.25, -0.2) is 9.97 Å². The molecule has 0 aliphatic rings. The zero-order chi connectivity index (χ0) is 27.4. The lowest BCUT2D eigenvalue weighted by Crippen LogP contribution is -2.24. The molecule has 0 atom stereocenters. The number of benzene rings is 2. The lowest BCUT2D eigenvalue weighted by Gasteiger charge is -2.12. The smallest absolute Gasteiger partial charge is 0.269 e. The van der Waals surface area contributed by atoms with Gasteiger partial charge in [0.2, 0.25) is 0 Å². The van der Waals surface area contributed by atoms with Crippen LogP contribution in [0.5, 0.6) is 5.75 Å². The molecule has 3 heterocycles. The summed E-state index contributed by atoms with van der Waals surface area (Å²) in [6.07, 6.45) is 5.67. The average Bonchev–Trinajstić information content (AvgIpc) is 3.33. The first kappa shape index (κ1) is 26.1. The van der Waals surface area contributed by atoms with Crippen LogP contribution < -0.4 is 15.4 Å². The molecule has 5 rings (SSSR count). The number of pyridine rings is 1. The number of amides is 1. The molecule has 0 saturated heterocycles. The molecule has 9 nitrogen and oxygen atoms in total. The maximum Gasteiger partial charge on any atom is 0.269 e. The number of aryl methyl sites for hydroxylation is 1. The molecule has 0 spiro atoms. The number of hydrogen-bond donors (Lipinski definition) is 3. The van der Waals surface area contributed by atoms with Crippen LogP contribution >= 0.6 is 15.9 Å². The van der Waals surface area contributed by atoms with Crippen LogP contribution in [0.1, 0.15) is 11.1 Å². The summed E-state index contributed by atoms with van der Waals surface area (Å²) in [6.45, 7) is 0.569. The van der Waals surface area contributed by atoms with Gasteiger partial charge in [-0.15, -0.1) is 0 Å². The van der Waals surface area contributed by atoms with Crippen LogP contribution in [0.3, 0.4) is 0 Å². The van der Waals surface area contributed by atoms with Crippen LogP contribution in [0.25, 0.3) is 22.4 Å². The molecule has 39 heavy (non-hydrogen) atoms.